The minimum absolute atomic E-state index is 0. The van der Waals surface area contributed by atoms with Crippen molar-refractivity contribution in [3.05, 3.63) is 30.3 Å². The summed E-state index contributed by atoms with van der Waals surface area (Å²) in [5.74, 6) is 0.474. The second kappa shape index (κ2) is 12.1. The molecule has 0 fully saturated rings. The number of hydrogen-bond acceptors (Lipinski definition) is 3. The van der Waals surface area contributed by atoms with Crippen molar-refractivity contribution >= 4 is 29.9 Å². The van der Waals surface area contributed by atoms with Gasteiger partial charge in [0.1, 0.15) is 5.75 Å². The summed E-state index contributed by atoms with van der Waals surface area (Å²) in [7, 11) is 0. The first-order chi connectivity index (χ1) is 9.27. The van der Waals surface area contributed by atoms with E-state index in [9.17, 15) is 4.79 Å². The van der Waals surface area contributed by atoms with Crippen molar-refractivity contribution in [3.8, 4) is 5.75 Å². The van der Waals surface area contributed by atoms with Crippen LogP contribution in [-0.2, 0) is 9.53 Å². The maximum absolute atomic E-state index is 12.0. The standard InChI is InChI=1S/C16H24O3.Sn.2H/c1-3-5-12-15(16(17)18-13-6-4-2)19-14-10-8-7-9-11-14;;;/h7-11,15H,3-6,12-13H2,1-2H3;;;. The first-order valence-corrected chi connectivity index (χ1v) is 7.16. The van der Waals surface area contributed by atoms with Gasteiger partial charge in [0.2, 0.25) is 0 Å². The molecule has 0 aromatic heterocycles. The first kappa shape index (κ1) is 19.3. The molecule has 20 heavy (non-hydrogen) atoms. The molecule has 0 bridgehead atoms. The number of rotatable bonds is 9. The third kappa shape index (κ3) is 7.78. The van der Waals surface area contributed by atoms with Gasteiger partial charge >= 0.3 is 29.9 Å². The monoisotopic (exact) mass is 386 g/mol. The molecule has 0 N–H and O–H groups in total. The Kier molecular flexibility index (Phi) is 11.6. The van der Waals surface area contributed by atoms with Gasteiger partial charge in [-0.05, 0) is 31.4 Å². The zero-order valence-electron chi connectivity index (χ0n) is 12.6. The molecule has 0 saturated heterocycles. The number of carbonyl (C=O) groups excluding carboxylic acids is 1. The molecule has 1 aromatic rings. The van der Waals surface area contributed by atoms with Gasteiger partial charge in [0.05, 0.1) is 6.61 Å². The Bertz CT molecular complexity index is 354. The van der Waals surface area contributed by atoms with Crippen molar-refractivity contribution in [1.82, 2.24) is 0 Å². The van der Waals surface area contributed by atoms with Crippen LogP contribution in [-0.4, -0.2) is 42.6 Å². The molecule has 1 rings (SSSR count). The first-order valence-electron chi connectivity index (χ1n) is 7.16. The van der Waals surface area contributed by atoms with Crippen LogP contribution in [0.3, 0.4) is 0 Å². The van der Waals surface area contributed by atoms with Crippen molar-refractivity contribution in [2.45, 2.75) is 52.1 Å². The zero-order chi connectivity index (χ0) is 13.9. The molecular weight excluding hydrogens is 359 g/mol. The van der Waals surface area contributed by atoms with Crippen molar-refractivity contribution < 1.29 is 14.3 Å². The van der Waals surface area contributed by atoms with E-state index in [0.717, 1.165) is 31.4 Å². The van der Waals surface area contributed by atoms with E-state index in [1.165, 1.54) is 0 Å². The fraction of sp³-hybridized carbons (Fsp3) is 0.562. The second-order valence-corrected chi connectivity index (χ2v) is 4.58. The topological polar surface area (TPSA) is 35.5 Å². The van der Waals surface area contributed by atoms with Crippen LogP contribution in [0, 0.1) is 0 Å². The predicted octanol–water partition coefficient (Wildman–Crippen LogP) is 3.05. The van der Waals surface area contributed by atoms with E-state index >= 15 is 0 Å². The van der Waals surface area contributed by atoms with Crippen LogP contribution in [0.5, 0.6) is 5.75 Å². The average Bonchev–Trinajstić information content (AvgIpc) is 2.44. The molecule has 0 aliphatic rings. The van der Waals surface area contributed by atoms with Crippen LogP contribution in [0.25, 0.3) is 0 Å². The van der Waals surface area contributed by atoms with Crippen LogP contribution in [0.15, 0.2) is 30.3 Å². The Balaban J connectivity index is 0.00000361. The summed E-state index contributed by atoms with van der Waals surface area (Å²) >= 11 is 0. The number of para-hydroxylation sites is 1. The molecule has 3 nitrogen and oxygen atoms in total. The van der Waals surface area contributed by atoms with E-state index in [-0.39, 0.29) is 29.9 Å². The third-order valence-electron chi connectivity index (χ3n) is 2.85. The van der Waals surface area contributed by atoms with Gasteiger partial charge in [-0.1, -0.05) is 44.9 Å². The van der Waals surface area contributed by atoms with E-state index in [1.807, 2.05) is 30.3 Å². The van der Waals surface area contributed by atoms with Crippen LogP contribution in [0.2, 0.25) is 0 Å². The summed E-state index contributed by atoms with van der Waals surface area (Å²) in [6.45, 7) is 4.65. The average molecular weight is 385 g/mol. The predicted molar refractivity (Wildman–Crippen MR) is 84.8 cm³/mol. The number of unbranched alkanes of at least 4 members (excludes halogenated alkanes) is 2. The molecule has 0 aliphatic carbocycles. The van der Waals surface area contributed by atoms with Gasteiger partial charge < -0.3 is 9.47 Å². The van der Waals surface area contributed by atoms with Gasteiger partial charge in [-0.3, -0.25) is 0 Å². The minimum atomic E-state index is -0.487. The molecule has 1 unspecified atom stereocenters. The molecule has 112 valence electrons. The van der Waals surface area contributed by atoms with Crippen LogP contribution in [0.1, 0.15) is 46.0 Å². The number of hydrogen-bond donors (Lipinski definition) is 0. The molecule has 0 heterocycles. The van der Waals surface area contributed by atoms with Crippen molar-refractivity contribution in [2.75, 3.05) is 6.61 Å². The summed E-state index contributed by atoms with van der Waals surface area (Å²) < 4.78 is 11.0. The summed E-state index contributed by atoms with van der Waals surface area (Å²) in [6, 6.07) is 9.44. The Morgan fingerprint density at radius 3 is 2.35 bits per heavy atom. The van der Waals surface area contributed by atoms with Gasteiger partial charge in [-0.15, -0.1) is 0 Å². The Morgan fingerprint density at radius 1 is 1.10 bits per heavy atom. The normalized spacial score (nSPS) is 11.3. The zero-order valence-corrected chi connectivity index (χ0v) is 16.7. The number of ether oxygens (including phenoxy) is 2. The fourth-order valence-electron chi connectivity index (χ4n) is 1.69. The Labute approximate surface area is 139 Å². The molecule has 4 heteroatoms. The van der Waals surface area contributed by atoms with Gasteiger partial charge in [0, 0.05) is 0 Å². The molecule has 1 atom stereocenters. The van der Waals surface area contributed by atoms with Gasteiger partial charge in [0.15, 0.2) is 6.10 Å². The molecular formula is C16H26O3Sn. The molecule has 0 spiro atoms. The van der Waals surface area contributed by atoms with E-state index < -0.39 is 6.10 Å². The molecule has 0 amide bonds. The van der Waals surface area contributed by atoms with E-state index in [1.54, 1.807) is 0 Å². The SMILES string of the molecule is CCCCOC(=O)C(CCCC)Oc1ccccc1.[SnH2]. The summed E-state index contributed by atoms with van der Waals surface area (Å²) in [6.07, 6.45) is 4.14. The van der Waals surface area contributed by atoms with Gasteiger partial charge in [-0.25, -0.2) is 4.79 Å². The Morgan fingerprint density at radius 2 is 1.75 bits per heavy atom. The molecule has 1 aromatic carbocycles. The number of esters is 1. The Hall–Kier alpha value is -0.711. The van der Waals surface area contributed by atoms with Crippen molar-refractivity contribution in [3.63, 3.8) is 0 Å². The molecule has 2 radical (unpaired) electrons. The third-order valence-corrected chi connectivity index (χ3v) is 2.85. The van der Waals surface area contributed by atoms with Crippen molar-refractivity contribution in [1.29, 1.82) is 0 Å². The maximum atomic E-state index is 12.0. The number of carbonyl (C=O) groups is 1. The van der Waals surface area contributed by atoms with Crippen molar-refractivity contribution in [2.24, 2.45) is 0 Å². The summed E-state index contributed by atoms with van der Waals surface area (Å²) in [4.78, 5) is 12.0. The van der Waals surface area contributed by atoms with Crippen LogP contribution in [0.4, 0.5) is 0 Å². The molecule has 0 saturated carbocycles. The van der Waals surface area contributed by atoms with Crippen LogP contribution >= 0.6 is 0 Å². The number of benzene rings is 1. The summed E-state index contributed by atoms with van der Waals surface area (Å²) in [5, 5.41) is 0. The fourth-order valence-corrected chi connectivity index (χ4v) is 1.69. The van der Waals surface area contributed by atoms with E-state index in [2.05, 4.69) is 13.8 Å². The van der Waals surface area contributed by atoms with Gasteiger partial charge in [-0.2, -0.15) is 0 Å². The van der Waals surface area contributed by atoms with E-state index in [0.29, 0.717) is 13.0 Å². The quantitative estimate of drug-likeness (QED) is 0.373. The summed E-state index contributed by atoms with van der Waals surface area (Å²) in [5.41, 5.74) is 0. The molecule has 0 aliphatic heterocycles. The second-order valence-electron chi connectivity index (χ2n) is 4.58. The van der Waals surface area contributed by atoms with Gasteiger partial charge in [0.25, 0.3) is 0 Å². The van der Waals surface area contributed by atoms with E-state index in [4.69, 9.17) is 9.47 Å². The van der Waals surface area contributed by atoms with Crippen LogP contribution < -0.4 is 4.74 Å².